The molecule has 0 amide bonds. The maximum atomic E-state index is 12.1. The number of hydrogen-bond acceptors (Lipinski definition) is 3. The molecule has 0 fully saturated rings. The first-order valence-electron chi connectivity index (χ1n) is 6.55. The molecule has 0 N–H and O–H groups in total. The smallest absolute Gasteiger partial charge is 0.287 e. The Morgan fingerprint density at radius 3 is 2.05 bits per heavy atom. The Kier molecular flexibility index (Phi) is 4.74. The van der Waals surface area contributed by atoms with Gasteiger partial charge in [0.05, 0.1) is 5.39 Å². The molecule has 0 saturated carbocycles. The van der Waals surface area contributed by atoms with E-state index in [0.717, 1.165) is 10.4 Å². The van der Waals surface area contributed by atoms with Crippen molar-refractivity contribution in [2.75, 3.05) is 0 Å². The third-order valence-electron chi connectivity index (χ3n) is 3.09. The van der Waals surface area contributed by atoms with Gasteiger partial charge < -0.3 is 0 Å². The van der Waals surface area contributed by atoms with Gasteiger partial charge in [0, 0.05) is 19.0 Å². The van der Waals surface area contributed by atoms with E-state index in [1.165, 1.54) is 16.5 Å². The molecule has 0 bridgehead atoms. The van der Waals surface area contributed by atoms with Crippen LogP contribution in [0, 0.1) is 6.92 Å². The molecule has 0 saturated heterocycles. The molecule has 2 rings (SSSR count). The number of hydrogen-bond donors (Lipinski definition) is 0. The first-order chi connectivity index (χ1) is 8.86. The number of aryl methyl sites for hydroxylation is 2. The van der Waals surface area contributed by atoms with Crippen molar-refractivity contribution in [3.05, 3.63) is 31.3 Å². The van der Waals surface area contributed by atoms with Gasteiger partial charge in [-0.15, -0.1) is 11.3 Å². The Hall–Kier alpha value is -1.36. The molecule has 0 aromatic carbocycles. The molecule has 2 aromatic rings. The molecule has 0 unspecified atom stereocenters. The van der Waals surface area contributed by atoms with Gasteiger partial charge >= 0.3 is 5.69 Å². The molecule has 2 heterocycles. The van der Waals surface area contributed by atoms with Crippen LogP contribution in [0.3, 0.4) is 0 Å². The van der Waals surface area contributed by atoms with Crippen molar-refractivity contribution in [1.29, 1.82) is 0 Å². The lowest BCUT2D eigenvalue weighted by atomic mass is 10.1. The van der Waals surface area contributed by atoms with Gasteiger partial charge in [-0.1, -0.05) is 27.7 Å². The predicted octanol–water partition coefficient (Wildman–Crippen LogP) is 2.76. The standard InChI is InChI=1S/C12H16N2O2S.C2H6/c1-6(2)9-7(3)8-10(15)13(4)12(16)14(5)11(8)17-9;1-2/h6H,1-5H3;1-2H3. The molecule has 2 aromatic heterocycles. The Morgan fingerprint density at radius 1 is 1.05 bits per heavy atom. The summed E-state index contributed by atoms with van der Waals surface area (Å²) >= 11 is 1.55. The molecular formula is C14H22N2O2S. The lowest BCUT2D eigenvalue weighted by Crippen LogP contribution is -2.36. The second-order valence-electron chi connectivity index (χ2n) is 4.63. The highest BCUT2D eigenvalue weighted by atomic mass is 32.1. The fraction of sp³-hybridized carbons (Fsp3) is 0.571. The fourth-order valence-corrected chi connectivity index (χ4v) is 3.38. The van der Waals surface area contributed by atoms with Crippen molar-refractivity contribution >= 4 is 21.6 Å². The van der Waals surface area contributed by atoms with E-state index in [9.17, 15) is 9.59 Å². The highest BCUT2D eigenvalue weighted by molar-refractivity contribution is 7.19. The zero-order valence-corrected chi connectivity index (χ0v) is 13.5. The van der Waals surface area contributed by atoms with Crippen LogP contribution in [0.1, 0.15) is 44.1 Å². The van der Waals surface area contributed by atoms with Crippen molar-refractivity contribution in [2.45, 2.75) is 40.5 Å². The summed E-state index contributed by atoms with van der Waals surface area (Å²) in [6.45, 7) is 10.2. The average molecular weight is 282 g/mol. The van der Waals surface area contributed by atoms with Crippen LogP contribution in [0.25, 0.3) is 10.2 Å². The topological polar surface area (TPSA) is 44.0 Å². The third-order valence-corrected chi connectivity index (χ3v) is 4.76. The van der Waals surface area contributed by atoms with Crippen LogP contribution >= 0.6 is 11.3 Å². The van der Waals surface area contributed by atoms with Gasteiger partial charge in [-0.2, -0.15) is 0 Å². The van der Waals surface area contributed by atoms with Crippen molar-refractivity contribution in [3.63, 3.8) is 0 Å². The summed E-state index contributed by atoms with van der Waals surface area (Å²) in [6, 6.07) is 0. The van der Waals surface area contributed by atoms with Gasteiger partial charge in [0.2, 0.25) is 0 Å². The molecule has 106 valence electrons. The van der Waals surface area contributed by atoms with Gasteiger partial charge in [0.15, 0.2) is 0 Å². The number of nitrogens with zero attached hydrogens (tertiary/aromatic N) is 2. The summed E-state index contributed by atoms with van der Waals surface area (Å²) < 4.78 is 2.73. The van der Waals surface area contributed by atoms with Crippen LogP contribution in [0.4, 0.5) is 0 Å². The first-order valence-corrected chi connectivity index (χ1v) is 7.37. The van der Waals surface area contributed by atoms with Crippen LogP contribution in [-0.2, 0) is 14.1 Å². The first kappa shape index (κ1) is 15.7. The van der Waals surface area contributed by atoms with Gasteiger partial charge in [0.1, 0.15) is 4.83 Å². The Balaban J connectivity index is 0.000000861. The molecule has 0 radical (unpaired) electrons. The van der Waals surface area contributed by atoms with E-state index in [0.29, 0.717) is 11.3 Å². The van der Waals surface area contributed by atoms with E-state index in [2.05, 4.69) is 13.8 Å². The van der Waals surface area contributed by atoms with E-state index >= 15 is 0 Å². The zero-order chi connectivity index (χ0) is 14.9. The second kappa shape index (κ2) is 5.74. The molecule has 5 heteroatoms. The third kappa shape index (κ3) is 2.39. The lowest BCUT2D eigenvalue weighted by Gasteiger charge is -2.03. The summed E-state index contributed by atoms with van der Waals surface area (Å²) in [4.78, 5) is 25.9. The SMILES string of the molecule is CC.Cc1c(C(C)C)sc2c1c(=O)n(C)c(=O)n2C. The normalized spacial score (nSPS) is 10.7. The number of aromatic nitrogens is 2. The summed E-state index contributed by atoms with van der Waals surface area (Å²) in [7, 11) is 3.24. The van der Waals surface area contributed by atoms with Gasteiger partial charge in [-0.25, -0.2) is 4.79 Å². The summed E-state index contributed by atoms with van der Waals surface area (Å²) in [6.07, 6.45) is 0. The van der Waals surface area contributed by atoms with E-state index < -0.39 is 0 Å². The van der Waals surface area contributed by atoms with E-state index in [1.807, 2.05) is 20.8 Å². The van der Waals surface area contributed by atoms with Crippen molar-refractivity contribution in [2.24, 2.45) is 14.1 Å². The largest absolute Gasteiger partial charge is 0.331 e. The molecular weight excluding hydrogens is 260 g/mol. The van der Waals surface area contributed by atoms with Gasteiger partial charge in [-0.05, 0) is 18.4 Å². The fourth-order valence-electron chi connectivity index (χ4n) is 2.12. The van der Waals surface area contributed by atoms with E-state index in [1.54, 1.807) is 23.0 Å². The van der Waals surface area contributed by atoms with Crippen LogP contribution in [0.5, 0.6) is 0 Å². The van der Waals surface area contributed by atoms with Crippen LogP contribution in [0.15, 0.2) is 9.59 Å². The maximum Gasteiger partial charge on any atom is 0.331 e. The maximum absolute atomic E-state index is 12.1. The number of fused-ring (bicyclic) bond motifs is 1. The molecule has 0 atom stereocenters. The van der Waals surface area contributed by atoms with Gasteiger partial charge in [-0.3, -0.25) is 13.9 Å². The highest BCUT2D eigenvalue weighted by Gasteiger charge is 2.18. The van der Waals surface area contributed by atoms with Gasteiger partial charge in [0.25, 0.3) is 5.56 Å². The number of thiophene rings is 1. The minimum Gasteiger partial charge on any atom is -0.287 e. The minimum atomic E-state index is -0.265. The Labute approximate surface area is 117 Å². The molecule has 0 aliphatic heterocycles. The second-order valence-corrected chi connectivity index (χ2v) is 5.66. The quantitative estimate of drug-likeness (QED) is 0.807. The number of rotatable bonds is 1. The zero-order valence-electron chi connectivity index (χ0n) is 12.7. The van der Waals surface area contributed by atoms with Crippen LogP contribution in [0.2, 0.25) is 0 Å². The molecule has 0 spiro atoms. The van der Waals surface area contributed by atoms with Crippen LogP contribution < -0.4 is 11.2 Å². The molecule has 0 aliphatic carbocycles. The minimum absolute atomic E-state index is 0.191. The molecule has 4 nitrogen and oxygen atoms in total. The van der Waals surface area contributed by atoms with Crippen molar-refractivity contribution in [1.82, 2.24) is 9.13 Å². The predicted molar refractivity (Wildman–Crippen MR) is 82.5 cm³/mol. The van der Waals surface area contributed by atoms with Crippen molar-refractivity contribution in [3.8, 4) is 0 Å². The van der Waals surface area contributed by atoms with E-state index in [-0.39, 0.29) is 11.2 Å². The summed E-state index contributed by atoms with van der Waals surface area (Å²) in [5.74, 6) is 0.368. The van der Waals surface area contributed by atoms with E-state index in [4.69, 9.17) is 0 Å². The molecule has 0 aliphatic rings. The Bertz CT molecular complexity index is 705. The summed E-state index contributed by atoms with van der Waals surface area (Å²) in [5.41, 5.74) is 0.555. The van der Waals surface area contributed by atoms with Crippen molar-refractivity contribution < 1.29 is 0 Å². The average Bonchev–Trinajstić information content (AvgIpc) is 2.74. The Morgan fingerprint density at radius 2 is 1.58 bits per heavy atom. The van der Waals surface area contributed by atoms with Crippen LogP contribution in [-0.4, -0.2) is 9.13 Å². The lowest BCUT2D eigenvalue weighted by molar-refractivity contribution is 0.716. The monoisotopic (exact) mass is 282 g/mol. The molecule has 19 heavy (non-hydrogen) atoms. The summed E-state index contributed by atoms with van der Waals surface area (Å²) in [5, 5.41) is 0.684. The highest BCUT2D eigenvalue weighted by Crippen LogP contribution is 2.32.